The lowest BCUT2D eigenvalue weighted by Gasteiger charge is -2.44. The Morgan fingerprint density at radius 2 is 1.89 bits per heavy atom. The molecule has 2 aliphatic heterocycles. The van der Waals surface area contributed by atoms with Crippen LogP contribution in [0, 0.1) is 0 Å². The van der Waals surface area contributed by atoms with Gasteiger partial charge in [-0.3, -0.25) is 4.21 Å². The molecule has 2 saturated heterocycles. The van der Waals surface area contributed by atoms with Crippen LogP contribution < -0.4 is 0 Å². The van der Waals surface area contributed by atoms with Crippen molar-refractivity contribution in [3.05, 3.63) is 35.4 Å². The Morgan fingerprint density at radius 3 is 2.53 bits per heavy atom. The Hall–Kier alpha value is -0.670. The molecule has 0 radical (unpaired) electrons. The molecular formula is C16H22O2S. The first-order chi connectivity index (χ1) is 9.14. The van der Waals surface area contributed by atoms with Gasteiger partial charge in [0.05, 0.1) is 5.60 Å². The molecule has 2 nitrogen and oxygen atoms in total. The summed E-state index contributed by atoms with van der Waals surface area (Å²) in [4.78, 5) is 0. The molecule has 2 aliphatic rings. The second-order valence-corrected chi connectivity index (χ2v) is 7.94. The quantitative estimate of drug-likeness (QED) is 0.903. The molecule has 0 saturated carbocycles. The Labute approximate surface area is 117 Å². The van der Waals surface area contributed by atoms with Crippen LogP contribution in [0.25, 0.3) is 0 Å². The summed E-state index contributed by atoms with van der Waals surface area (Å²) in [6.07, 6.45) is 5.49. The standard InChI is InChI=1S/C16H22O2S/c1-2-12-6-3-4-9-15(12)16(17)10-13-7-5-8-14(11-16)19(13)18/h3-4,6,9,13-14,17H,2,5,7-8,10-11H2,1H3. The van der Waals surface area contributed by atoms with Crippen molar-refractivity contribution >= 4 is 10.8 Å². The molecule has 2 bridgehead atoms. The van der Waals surface area contributed by atoms with Gasteiger partial charge in [-0.25, -0.2) is 0 Å². The van der Waals surface area contributed by atoms with E-state index < -0.39 is 16.4 Å². The normalized spacial score (nSPS) is 38.1. The van der Waals surface area contributed by atoms with E-state index in [1.807, 2.05) is 12.1 Å². The van der Waals surface area contributed by atoms with Gasteiger partial charge < -0.3 is 5.11 Å². The molecule has 2 heterocycles. The Morgan fingerprint density at radius 1 is 1.26 bits per heavy atom. The minimum atomic E-state index is -0.754. The molecule has 104 valence electrons. The molecule has 2 fully saturated rings. The van der Waals surface area contributed by atoms with Crippen LogP contribution in [0.15, 0.2) is 24.3 Å². The van der Waals surface area contributed by atoms with Gasteiger partial charge in [0.1, 0.15) is 0 Å². The highest BCUT2D eigenvalue weighted by molar-refractivity contribution is 7.86. The second-order valence-electron chi connectivity index (χ2n) is 5.95. The van der Waals surface area contributed by atoms with Crippen LogP contribution in [0.5, 0.6) is 0 Å². The van der Waals surface area contributed by atoms with E-state index in [1.54, 1.807) is 0 Å². The van der Waals surface area contributed by atoms with E-state index in [-0.39, 0.29) is 10.5 Å². The molecule has 0 amide bonds. The van der Waals surface area contributed by atoms with Crippen molar-refractivity contribution in [3.63, 3.8) is 0 Å². The molecule has 2 unspecified atom stereocenters. The van der Waals surface area contributed by atoms with Gasteiger partial charge in [-0.1, -0.05) is 37.6 Å². The van der Waals surface area contributed by atoms with E-state index in [4.69, 9.17) is 0 Å². The Bertz CT molecular complexity index is 481. The smallest absolute Gasteiger partial charge is 0.0922 e. The highest BCUT2D eigenvalue weighted by Gasteiger charge is 2.46. The third-order valence-electron chi connectivity index (χ3n) is 4.74. The summed E-state index contributed by atoms with van der Waals surface area (Å²) in [7, 11) is -0.725. The molecule has 0 aliphatic carbocycles. The maximum absolute atomic E-state index is 12.3. The molecule has 3 heteroatoms. The minimum Gasteiger partial charge on any atom is -0.385 e. The molecule has 1 aromatic carbocycles. The number of rotatable bonds is 2. The predicted molar refractivity (Wildman–Crippen MR) is 78.5 cm³/mol. The summed E-state index contributed by atoms with van der Waals surface area (Å²) >= 11 is 0. The van der Waals surface area contributed by atoms with Gasteiger partial charge in [-0.15, -0.1) is 0 Å². The first-order valence-corrected chi connectivity index (χ1v) is 8.62. The van der Waals surface area contributed by atoms with E-state index in [9.17, 15) is 9.32 Å². The Kier molecular flexibility index (Phi) is 3.52. The summed E-state index contributed by atoms with van der Waals surface area (Å²) in [6, 6.07) is 8.21. The third-order valence-corrected chi connectivity index (χ3v) is 6.86. The van der Waals surface area contributed by atoms with Crippen LogP contribution in [0.2, 0.25) is 0 Å². The van der Waals surface area contributed by atoms with Crippen molar-refractivity contribution in [1.29, 1.82) is 0 Å². The SMILES string of the molecule is CCc1ccccc1C1(O)CC2CCCC(C1)S2=O. The van der Waals surface area contributed by atoms with Crippen LogP contribution >= 0.6 is 0 Å². The summed E-state index contributed by atoms with van der Waals surface area (Å²) in [6.45, 7) is 2.13. The number of aryl methyl sites for hydroxylation is 1. The van der Waals surface area contributed by atoms with Gasteiger partial charge in [-0.05, 0) is 43.2 Å². The number of hydrogen-bond donors (Lipinski definition) is 1. The molecule has 0 spiro atoms. The van der Waals surface area contributed by atoms with Gasteiger partial charge in [0.2, 0.25) is 0 Å². The molecule has 1 aromatic rings. The summed E-state index contributed by atoms with van der Waals surface area (Å²) < 4.78 is 12.3. The Balaban J connectivity index is 1.97. The van der Waals surface area contributed by atoms with Gasteiger partial charge in [0.25, 0.3) is 0 Å². The van der Waals surface area contributed by atoms with Crippen molar-refractivity contribution < 1.29 is 9.32 Å². The van der Waals surface area contributed by atoms with Gasteiger partial charge in [0, 0.05) is 21.3 Å². The van der Waals surface area contributed by atoms with E-state index in [0.29, 0.717) is 12.8 Å². The van der Waals surface area contributed by atoms with E-state index >= 15 is 0 Å². The number of aliphatic hydroxyl groups is 1. The van der Waals surface area contributed by atoms with Crippen molar-refractivity contribution in [1.82, 2.24) is 0 Å². The van der Waals surface area contributed by atoms with Gasteiger partial charge in [0.15, 0.2) is 0 Å². The van der Waals surface area contributed by atoms with E-state index in [1.165, 1.54) is 12.0 Å². The fourth-order valence-electron chi connectivity index (χ4n) is 3.79. The highest BCUT2D eigenvalue weighted by Crippen LogP contribution is 2.45. The van der Waals surface area contributed by atoms with E-state index in [0.717, 1.165) is 24.8 Å². The lowest BCUT2D eigenvalue weighted by atomic mass is 9.78. The zero-order chi connectivity index (χ0) is 13.5. The minimum absolute atomic E-state index is 0.197. The van der Waals surface area contributed by atoms with Crippen molar-refractivity contribution in [2.24, 2.45) is 0 Å². The van der Waals surface area contributed by atoms with Crippen molar-refractivity contribution in [3.8, 4) is 0 Å². The average molecular weight is 278 g/mol. The van der Waals surface area contributed by atoms with Gasteiger partial charge in [-0.2, -0.15) is 0 Å². The molecule has 3 rings (SSSR count). The van der Waals surface area contributed by atoms with E-state index in [2.05, 4.69) is 19.1 Å². The molecule has 19 heavy (non-hydrogen) atoms. The molecule has 0 aromatic heterocycles. The maximum Gasteiger partial charge on any atom is 0.0922 e. The summed E-state index contributed by atoms with van der Waals surface area (Å²) in [5, 5.41) is 11.5. The first kappa shape index (κ1) is 13.3. The fraction of sp³-hybridized carbons (Fsp3) is 0.625. The largest absolute Gasteiger partial charge is 0.385 e. The molecule has 2 atom stereocenters. The maximum atomic E-state index is 12.3. The summed E-state index contributed by atoms with van der Waals surface area (Å²) in [5.74, 6) is 0. The average Bonchev–Trinajstić information content (AvgIpc) is 2.41. The summed E-state index contributed by atoms with van der Waals surface area (Å²) in [5.41, 5.74) is 1.55. The van der Waals surface area contributed by atoms with Gasteiger partial charge >= 0.3 is 0 Å². The number of fused-ring (bicyclic) bond motifs is 2. The van der Waals surface area contributed by atoms with Crippen LogP contribution in [0.1, 0.15) is 50.2 Å². The zero-order valence-electron chi connectivity index (χ0n) is 11.5. The highest BCUT2D eigenvalue weighted by atomic mass is 32.2. The second kappa shape index (κ2) is 5.02. The van der Waals surface area contributed by atoms with Crippen LogP contribution in [-0.2, 0) is 22.8 Å². The van der Waals surface area contributed by atoms with Crippen LogP contribution in [0.4, 0.5) is 0 Å². The predicted octanol–water partition coefficient (Wildman–Crippen LogP) is 2.90. The zero-order valence-corrected chi connectivity index (χ0v) is 12.3. The lowest BCUT2D eigenvalue weighted by molar-refractivity contribution is 0.00579. The number of hydrogen-bond acceptors (Lipinski definition) is 2. The van der Waals surface area contributed by atoms with Crippen LogP contribution in [-0.4, -0.2) is 19.8 Å². The van der Waals surface area contributed by atoms with Crippen molar-refractivity contribution in [2.45, 2.75) is 61.5 Å². The molecular weight excluding hydrogens is 256 g/mol. The monoisotopic (exact) mass is 278 g/mol. The van der Waals surface area contributed by atoms with Crippen LogP contribution in [0.3, 0.4) is 0 Å². The first-order valence-electron chi connectivity index (χ1n) is 7.34. The fourth-order valence-corrected chi connectivity index (χ4v) is 6.01. The van der Waals surface area contributed by atoms with Crippen molar-refractivity contribution in [2.75, 3.05) is 0 Å². The number of benzene rings is 1. The lowest BCUT2D eigenvalue weighted by Crippen LogP contribution is -2.47. The topological polar surface area (TPSA) is 37.3 Å². The molecule has 1 N–H and O–H groups in total. The third kappa shape index (κ3) is 2.27.